The number of aryl methyl sites for hydroxylation is 1. The summed E-state index contributed by atoms with van der Waals surface area (Å²) in [4.78, 5) is 9.56. The molecule has 1 heterocycles. The first-order valence-electron chi connectivity index (χ1n) is 7.46. The first kappa shape index (κ1) is 19.8. The number of hydrogen-bond acceptors (Lipinski definition) is 3. The van der Waals surface area contributed by atoms with Gasteiger partial charge in [0.2, 0.25) is 0 Å². The lowest BCUT2D eigenvalue weighted by atomic mass is 10.4. The Hall–Kier alpha value is -1.22. The predicted molar refractivity (Wildman–Crippen MR) is 109 cm³/mol. The van der Waals surface area contributed by atoms with E-state index in [1.165, 1.54) is 4.90 Å². The van der Waals surface area contributed by atoms with Crippen LogP contribution >= 0.6 is 35.7 Å². The number of aromatic nitrogens is 2. The molecule has 0 saturated heterocycles. The van der Waals surface area contributed by atoms with E-state index in [4.69, 9.17) is 0 Å². The number of rotatable bonds is 8. The van der Waals surface area contributed by atoms with E-state index < -0.39 is 0 Å². The summed E-state index contributed by atoms with van der Waals surface area (Å²) in [5, 5.41) is 6.66. The average molecular weight is 445 g/mol. The van der Waals surface area contributed by atoms with Crippen LogP contribution in [0, 0.1) is 0 Å². The highest BCUT2D eigenvalue weighted by molar-refractivity contribution is 14.0. The Morgan fingerprint density at radius 1 is 1.22 bits per heavy atom. The molecular weight excluding hydrogens is 421 g/mol. The highest BCUT2D eigenvalue weighted by Gasteiger charge is 1.98. The number of guanidine groups is 1. The fourth-order valence-corrected chi connectivity index (χ4v) is 2.75. The van der Waals surface area contributed by atoms with E-state index in [1.54, 1.807) is 13.2 Å². The molecule has 2 aromatic rings. The quantitative estimate of drug-likeness (QED) is 0.216. The molecule has 0 bridgehead atoms. The Bertz CT molecular complexity index is 545. The molecule has 0 aliphatic carbocycles. The normalized spacial score (nSPS) is 10.9. The van der Waals surface area contributed by atoms with Gasteiger partial charge in [0.25, 0.3) is 0 Å². The summed E-state index contributed by atoms with van der Waals surface area (Å²) in [6.07, 6.45) is 6.66. The zero-order valence-electron chi connectivity index (χ0n) is 13.3. The fraction of sp³-hybridized carbons (Fsp3) is 0.375. The average Bonchev–Trinajstić information content (AvgIpc) is 3.08. The zero-order chi connectivity index (χ0) is 15.5. The Balaban J connectivity index is 0.00000264. The maximum Gasteiger partial charge on any atom is 0.191 e. The number of imidazole rings is 1. The maximum atomic E-state index is 4.23. The third-order valence-corrected chi connectivity index (χ3v) is 4.09. The van der Waals surface area contributed by atoms with Crippen LogP contribution in [0.5, 0.6) is 0 Å². The number of halogens is 1. The minimum atomic E-state index is 0. The molecule has 1 aromatic heterocycles. The number of nitrogens with zero attached hydrogens (tertiary/aromatic N) is 3. The van der Waals surface area contributed by atoms with Crippen molar-refractivity contribution in [2.24, 2.45) is 4.99 Å². The smallest absolute Gasteiger partial charge is 0.191 e. The molecule has 0 atom stereocenters. The summed E-state index contributed by atoms with van der Waals surface area (Å²) in [6.45, 7) is 2.75. The van der Waals surface area contributed by atoms with Gasteiger partial charge < -0.3 is 15.2 Å². The van der Waals surface area contributed by atoms with Crippen LogP contribution in [-0.4, -0.2) is 41.4 Å². The van der Waals surface area contributed by atoms with E-state index in [0.717, 1.165) is 37.8 Å². The third kappa shape index (κ3) is 8.26. The predicted octanol–water partition coefficient (Wildman–Crippen LogP) is 2.85. The molecule has 1 aromatic carbocycles. The Morgan fingerprint density at radius 3 is 2.70 bits per heavy atom. The van der Waals surface area contributed by atoms with Crippen LogP contribution in [0.1, 0.15) is 6.42 Å². The number of thioether (sulfide) groups is 1. The Labute approximate surface area is 159 Å². The summed E-state index contributed by atoms with van der Waals surface area (Å²) in [7, 11) is 1.80. The van der Waals surface area contributed by atoms with Gasteiger partial charge in [-0.3, -0.25) is 4.99 Å². The summed E-state index contributed by atoms with van der Waals surface area (Å²) < 4.78 is 2.08. The molecule has 2 rings (SSSR count). The van der Waals surface area contributed by atoms with Gasteiger partial charge in [0.15, 0.2) is 5.96 Å². The van der Waals surface area contributed by atoms with Gasteiger partial charge >= 0.3 is 0 Å². The van der Waals surface area contributed by atoms with Gasteiger partial charge in [-0.15, -0.1) is 35.7 Å². The van der Waals surface area contributed by atoms with E-state index in [0.29, 0.717) is 0 Å². The van der Waals surface area contributed by atoms with Gasteiger partial charge in [0.1, 0.15) is 0 Å². The Kier molecular flexibility index (Phi) is 10.5. The van der Waals surface area contributed by atoms with Crippen molar-refractivity contribution in [2.75, 3.05) is 25.9 Å². The Morgan fingerprint density at radius 2 is 2.00 bits per heavy atom. The number of nitrogens with one attached hydrogen (secondary N) is 2. The topological polar surface area (TPSA) is 54.2 Å². The molecule has 0 radical (unpaired) electrons. The second-order valence-electron chi connectivity index (χ2n) is 4.74. The zero-order valence-corrected chi connectivity index (χ0v) is 16.5. The van der Waals surface area contributed by atoms with E-state index >= 15 is 0 Å². The molecule has 0 amide bonds. The molecule has 126 valence electrons. The number of aliphatic imine (C=N–C) groups is 1. The van der Waals surface area contributed by atoms with E-state index in [1.807, 2.05) is 30.4 Å². The summed E-state index contributed by atoms with van der Waals surface area (Å²) in [6, 6.07) is 10.4. The van der Waals surface area contributed by atoms with Gasteiger partial charge in [-0.05, 0) is 18.6 Å². The van der Waals surface area contributed by atoms with Crippen LogP contribution in [0.15, 0.2) is 58.9 Å². The van der Waals surface area contributed by atoms with Gasteiger partial charge in [-0.2, -0.15) is 0 Å². The lowest BCUT2D eigenvalue weighted by Crippen LogP contribution is -2.39. The molecule has 7 heteroatoms. The monoisotopic (exact) mass is 445 g/mol. The molecular formula is C16H24IN5S. The van der Waals surface area contributed by atoms with E-state index in [9.17, 15) is 0 Å². The highest BCUT2D eigenvalue weighted by atomic mass is 127. The van der Waals surface area contributed by atoms with Gasteiger partial charge in [-0.25, -0.2) is 4.98 Å². The standard InChI is InChI=1S/C16H23N5S.HI/c1-17-16(19-8-5-11-21-12-9-18-14-21)20-10-13-22-15-6-3-2-4-7-15;/h2-4,6-7,9,12,14H,5,8,10-11,13H2,1H3,(H2,17,19,20);1H. The molecule has 0 saturated carbocycles. The number of hydrogen-bond donors (Lipinski definition) is 2. The second kappa shape index (κ2) is 12.2. The fourth-order valence-electron chi connectivity index (χ4n) is 1.96. The van der Waals surface area contributed by atoms with Crippen molar-refractivity contribution in [3.63, 3.8) is 0 Å². The minimum absolute atomic E-state index is 0. The SMILES string of the molecule is CN=C(NCCCn1ccnc1)NCCSc1ccccc1.I. The molecule has 23 heavy (non-hydrogen) atoms. The highest BCUT2D eigenvalue weighted by Crippen LogP contribution is 2.15. The summed E-state index contributed by atoms with van der Waals surface area (Å²) in [5.41, 5.74) is 0. The van der Waals surface area contributed by atoms with Crippen molar-refractivity contribution in [3.8, 4) is 0 Å². The molecule has 0 unspecified atom stereocenters. The van der Waals surface area contributed by atoms with Crippen LogP contribution < -0.4 is 10.6 Å². The van der Waals surface area contributed by atoms with Crippen LogP contribution in [0.4, 0.5) is 0 Å². The molecule has 2 N–H and O–H groups in total. The molecule has 0 spiro atoms. The van der Waals surface area contributed by atoms with Crippen molar-refractivity contribution in [2.45, 2.75) is 17.9 Å². The van der Waals surface area contributed by atoms with Crippen LogP contribution in [0.25, 0.3) is 0 Å². The maximum absolute atomic E-state index is 4.23. The molecule has 0 aliphatic rings. The summed E-state index contributed by atoms with van der Waals surface area (Å²) in [5.74, 6) is 1.87. The minimum Gasteiger partial charge on any atom is -0.356 e. The first-order chi connectivity index (χ1) is 10.9. The lowest BCUT2D eigenvalue weighted by molar-refractivity contribution is 0.625. The summed E-state index contributed by atoms with van der Waals surface area (Å²) >= 11 is 1.84. The van der Waals surface area contributed by atoms with Crippen LogP contribution in [0.3, 0.4) is 0 Å². The van der Waals surface area contributed by atoms with Crippen molar-refractivity contribution in [1.82, 2.24) is 20.2 Å². The van der Waals surface area contributed by atoms with E-state index in [2.05, 4.69) is 49.4 Å². The second-order valence-corrected chi connectivity index (χ2v) is 5.91. The molecule has 0 aliphatic heterocycles. The van der Waals surface area contributed by atoms with E-state index in [-0.39, 0.29) is 24.0 Å². The van der Waals surface area contributed by atoms with Gasteiger partial charge in [-0.1, -0.05) is 18.2 Å². The largest absolute Gasteiger partial charge is 0.356 e. The van der Waals surface area contributed by atoms with Crippen molar-refractivity contribution in [1.29, 1.82) is 0 Å². The van der Waals surface area contributed by atoms with Crippen LogP contribution in [-0.2, 0) is 6.54 Å². The molecule has 0 fully saturated rings. The van der Waals surface area contributed by atoms with Crippen molar-refractivity contribution >= 4 is 41.7 Å². The van der Waals surface area contributed by atoms with Gasteiger partial charge in [0, 0.05) is 49.7 Å². The van der Waals surface area contributed by atoms with Crippen molar-refractivity contribution in [3.05, 3.63) is 49.1 Å². The third-order valence-electron chi connectivity index (χ3n) is 3.07. The molecule has 5 nitrogen and oxygen atoms in total. The number of benzene rings is 1. The van der Waals surface area contributed by atoms with Gasteiger partial charge in [0.05, 0.1) is 6.33 Å². The first-order valence-corrected chi connectivity index (χ1v) is 8.45. The van der Waals surface area contributed by atoms with Crippen LogP contribution in [0.2, 0.25) is 0 Å². The van der Waals surface area contributed by atoms with Crippen molar-refractivity contribution < 1.29 is 0 Å². The lowest BCUT2D eigenvalue weighted by Gasteiger charge is -2.11.